The molecule has 0 aliphatic carbocycles. The lowest BCUT2D eigenvalue weighted by molar-refractivity contribution is -0.0292. The third-order valence-electron chi connectivity index (χ3n) is 9.21. The van der Waals surface area contributed by atoms with Crippen molar-refractivity contribution in [2.45, 2.75) is 118 Å². The zero-order valence-corrected chi connectivity index (χ0v) is 29.5. The molecule has 0 saturated heterocycles. The van der Waals surface area contributed by atoms with Crippen molar-refractivity contribution in [1.29, 1.82) is 0 Å². The van der Waals surface area contributed by atoms with Crippen LogP contribution in [-0.4, -0.2) is 56.0 Å². The SMILES string of the molecule is CCCCCC(C)(CC)C(=O)c1cc2ccccc2cc1C(=O)OCCn1c(=O)n(CCO)c(=O)n(CCOC(C)(C)CCCC)c1=O. The number of esters is 1. The van der Waals surface area contributed by atoms with Gasteiger partial charge in [0.05, 0.1) is 44.0 Å². The van der Waals surface area contributed by atoms with Crippen molar-refractivity contribution in [3.8, 4) is 0 Å². The molecule has 3 aromatic rings. The number of hydrogen-bond donors (Lipinski definition) is 1. The molecule has 0 aliphatic rings. The normalized spacial score (nSPS) is 13.1. The molecule has 11 nitrogen and oxygen atoms in total. The van der Waals surface area contributed by atoms with Crippen molar-refractivity contribution < 1.29 is 24.2 Å². The molecular formula is C37H53N3O8. The molecule has 1 atom stereocenters. The number of aromatic nitrogens is 3. The van der Waals surface area contributed by atoms with Gasteiger partial charge in [-0.15, -0.1) is 0 Å². The zero-order chi connectivity index (χ0) is 35.5. The Hall–Kier alpha value is -3.83. The Labute approximate surface area is 282 Å². The number of aliphatic hydroxyl groups is 1. The maximum Gasteiger partial charge on any atom is 0.338 e. The third kappa shape index (κ3) is 9.41. The van der Waals surface area contributed by atoms with E-state index in [1.165, 1.54) is 0 Å². The number of ether oxygens (including phenoxy) is 2. The lowest BCUT2D eigenvalue weighted by atomic mass is 9.74. The van der Waals surface area contributed by atoms with E-state index in [2.05, 4.69) is 13.8 Å². The first kappa shape index (κ1) is 38.6. The van der Waals surface area contributed by atoms with E-state index >= 15 is 0 Å². The summed E-state index contributed by atoms with van der Waals surface area (Å²) in [6.45, 7) is 10.4. The molecule has 1 aromatic heterocycles. The maximum atomic E-state index is 14.1. The van der Waals surface area contributed by atoms with Crippen LogP contribution in [0.4, 0.5) is 0 Å². The quantitative estimate of drug-likeness (QED) is 0.0969. The van der Waals surface area contributed by atoms with Crippen LogP contribution in [0.3, 0.4) is 0 Å². The number of aliphatic hydroxyl groups excluding tert-OH is 1. The van der Waals surface area contributed by atoms with Crippen LogP contribution in [0.1, 0.15) is 114 Å². The Morgan fingerprint density at radius 2 is 1.27 bits per heavy atom. The number of carbonyl (C=O) groups is 2. The minimum absolute atomic E-state index is 0.0616. The molecule has 0 spiro atoms. The number of hydrogen-bond acceptors (Lipinski definition) is 8. The van der Waals surface area contributed by atoms with E-state index < -0.39 is 40.7 Å². The molecule has 0 aliphatic heterocycles. The predicted molar refractivity (Wildman–Crippen MR) is 187 cm³/mol. The lowest BCUT2D eigenvalue weighted by Gasteiger charge is -2.28. The number of rotatable bonds is 20. The van der Waals surface area contributed by atoms with Crippen LogP contribution in [-0.2, 0) is 29.1 Å². The molecule has 0 bridgehead atoms. The summed E-state index contributed by atoms with van der Waals surface area (Å²) in [6.07, 6.45) is 7.00. The molecule has 0 saturated carbocycles. The molecule has 3 rings (SSSR count). The van der Waals surface area contributed by atoms with Crippen LogP contribution in [0.25, 0.3) is 10.8 Å². The first-order chi connectivity index (χ1) is 22.8. The molecule has 1 heterocycles. The molecule has 11 heteroatoms. The third-order valence-corrected chi connectivity index (χ3v) is 9.21. The first-order valence-electron chi connectivity index (χ1n) is 17.3. The molecule has 48 heavy (non-hydrogen) atoms. The Morgan fingerprint density at radius 1 is 0.729 bits per heavy atom. The highest BCUT2D eigenvalue weighted by atomic mass is 16.5. The van der Waals surface area contributed by atoms with Gasteiger partial charge in [0.1, 0.15) is 6.61 Å². The van der Waals surface area contributed by atoms with Crippen molar-refractivity contribution in [2.24, 2.45) is 5.41 Å². The van der Waals surface area contributed by atoms with Crippen molar-refractivity contribution in [3.05, 3.63) is 79.0 Å². The van der Waals surface area contributed by atoms with E-state index in [1.54, 1.807) is 12.1 Å². The van der Waals surface area contributed by atoms with Crippen LogP contribution >= 0.6 is 0 Å². The summed E-state index contributed by atoms with van der Waals surface area (Å²) >= 11 is 0. The van der Waals surface area contributed by atoms with Crippen molar-refractivity contribution in [2.75, 3.05) is 19.8 Å². The molecular weight excluding hydrogens is 614 g/mol. The van der Waals surface area contributed by atoms with Gasteiger partial charge in [-0.2, -0.15) is 0 Å². The molecule has 1 unspecified atom stereocenters. The van der Waals surface area contributed by atoms with Gasteiger partial charge >= 0.3 is 23.0 Å². The fourth-order valence-electron chi connectivity index (χ4n) is 5.89. The van der Waals surface area contributed by atoms with Gasteiger partial charge in [-0.05, 0) is 56.0 Å². The summed E-state index contributed by atoms with van der Waals surface area (Å²) in [5, 5.41) is 11.1. The van der Waals surface area contributed by atoms with Gasteiger partial charge in [0.2, 0.25) is 0 Å². The summed E-state index contributed by atoms with van der Waals surface area (Å²) in [5.74, 6) is -0.884. The predicted octanol–water partition coefficient (Wildman–Crippen LogP) is 5.34. The Bertz CT molecular complexity index is 1740. The second kappa shape index (κ2) is 17.5. The minimum Gasteiger partial charge on any atom is -0.460 e. The fraction of sp³-hybridized carbons (Fsp3) is 0.595. The van der Waals surface area contributed by atoms with Crippen LogP contribution in [0.2, 0.25) is 0 Å². The van der Waals surface area contributed by atoms with Gasteiger partial charge in [-0.25, -0.2) is 32.9 Å². The van der Waals surface area contributed by atoms with Gasteiger partial charge in [-0.1, -0.05) is 84.1 Å². The highest BCUT2D eigenvalue weighted by molar-refractivity contribution is 6.11. The number of carbonyl (C=O) groups excluding carboxylic acids is 2. The Kier molecular flexibility index (Phi) is 14.1. The van der Waals surface area contributed by atoms with Crippen LogP contribution in [0.15, 0.2) is 50.8 Å². The summed E-state index contributed by atoms with van der Waals surface area (Å²) in [7, 11) is 0. The maximum absolute atomic E-state index is 14.1. The molecule has 264 valence electrons. The minimum atomic E-state index is -0.914. The summed E-state index contributed by atoms with van der Waals surface area (Å²) < 4.78 is 14.1. The van der Waals surface area contributed by atoms with Gasteiger partial charge < -0.3 is 14.6 Å². The highest BCUT2D eigenvalue weighted by Crippen LogP contribution is 2.35. The average molecular weight is 668 g/mol. The smallest absolute Gasteiger partial charge is 0.338 e. The zero-order valence-electron chi connectivity index (χ0n) is 29.5. The van der Waals surface area contributed by atoms with E-state index in [1.807, 2.05) is 52.0 Å². The van der Waals surface area contributed by atoms with Crippen molar-refractivity contribution in [3.63, 3.8) is 0 Å². The standard InChI is InChI=1S/C37H53N3O8/c1-7-10-14-18-37(6,9-3)31(42)29-25-27-15-12-13-16-28(27)26-30(29)32(43)47-23-20-39-33(44)38(19-22-41)34(45)40(35(39)46)21-24-48-36(4,5)17-11-8-2/h12-13,15-16,25-26,41H,7-11,14,17-24H2,1-6H3. The Morgan fingerprint density at radius 3 is 1.81 bits per heavy atom. The summed E-state index contributed by atoms with van der Waals surface area (Å²) in [6, 6.07) is 10.8. The molecule has 0 fully saturated rings. The first-order valence-corrected chi connectivity index (χ1v) is 17.3. The number of benzene rings is 2. The second-order valence-electron chi connectivity index (χ2n) is 13.3. The van der Waals surface area contributed by atoms with E-state index in [4.69, 9.17) is 9.47 Å². The molecule has 1 N–H and O–H groups in total. The Balaban J connectivity index is 1.90. The molecule has 0 amide bonds. The molecule has 2 aromatic carbocycles. The number of fused-ring (bicyclic) bond motifs is 1. The topological polar surface area (TPSA) is 139 Å². The monoisotopic (exact) mass is 667 g/mol. The van der Waals surface area contributed by atoms with E-state index in [0.717, 1.165) is 63.0 Å². The van der Waals surface area contributed by atoms with Crippen LogP contribution in [0.5, 0.6) is 0 Å². The number of nitrogens with zero attached hydrogens (tertiary/aromatic N) is 3. The van der Waals surface area contributed by atoms with Gasteiger partial charge in [0, 0.05) is 11.0 Å². The number of Topliss-reactive ketones (excluding diaryl/α,β-unsaturated/α-hetero) is 1. The van der Waals surface area contributed by atoms with Crippen molar-refractivity contribution in [1.82, 2.24) is 13.7 Å². The lowest BCUT2D eigenvalue weighted by Crippen LogP contribution is -2.55. The summed E-state index contributed by atoms with van der Waals surface area (Å²) in [5.41, 5.74) is -3.36. The summed E-state index contributed by atoms with van der Waals surface area (Å²) in [4.78, 5) is 67.3. The van der Waals surface area contributed by atoms with Crippen LogP contribution < -0.4 is 17.1 Å². The van der Waals surface area contributed by atoms with Gasteiger partial charge in [0.25, 0.3) is 0 Å². The number of unbranched alkanes of at least 4 members (excludes halogenated alkanes) is 3. The average Bonchev–Trinajstić information content (AvgIpc) is 3.07. The molecule has 0 radical (unpaired) electrons. The van der Waals surface area contributed by atoms with Crippen LogP contribution in [0, 0.1) is 5.41 Å². The highest BCUT2D eigenvalue weighted by Gasteiger charge is 2.34. The second-order valence-corrected chi connectivity index (χ2v) is 13.3. The fourth-order valence-corrected chi connectivity index (χ4v) is 5.89. The largest absolute Gasteiger partial charge is 0.460 e. The van der Waals surface area contributed by atoms with E-state index in [9.17, 15) is 29.1 Å². The van der Waals surface area contributed by atoms with E-state index in [-0.39, 0.29) is 49.8 Å². The van der Waals surface area contributed by atoms with Crippen molar-refractivity contribution >= 4 is 22.5 Å². The van der Waals surface area contributed by atoms with E-state index in [0.29, 0.717) is 12.8 Å². The van der Waals surface area contributed by atoms with Gasteiger partial charge in [-0.3, -0.25) is 4.79 Å². The number of ketones is 1. The van der Waals surface area contributed by atoms with Gasteiger partial charge in [0.15, 0.2) is 5.78 Å².